The summed E-state index contributed by atoms with van der Waals surface area (Å²) in [5, 5.41) is 7.99. The van der Waals surface area contributed by atoms with Crippen molar-refractivity contribution in [3.8, 4) is 22.3 Å². The van der Waals surface area contributed by atoms with Crippen LogP contribution < -0.4 is 16.0 Å². The van der Waals surface area contributed by atoms with Crippen LogP contribution in [0.5, 0.6) is 0 Å². The fraction of sp³-hybridized carbons (Fsp3) is 0.300. The van der Waals surface area contributed by atoms with Crippen LogP contribution in [0.1, 0.15) is 55.9 Å². The van der Waals surface area contributed by atoms with Crippen molar-refractivity contribution < 1.29 is 38.2 Å². The first-order valence-electron chi connectivity index (χ1n) is 21.0. The molecule has 0 saturated carbocycles. The Morgan fingerprint density at radius 1 is 0.667 bits per heavy atom. The normalized spacial score (nSPS) is 12.3. The number of likely N-dealkylation sites (N-methyl/N-ethyl adjacent to an activating group) is 2. The van der Waals surface area contributed by atoms with Crippen molar-refractivity contribution in [2.75, 3.05) is 45.7 Å². The first kappa shape index (κ1) is 45.4. The van der Waals surface area contributed by atoms with Crippen LogP contribution in [0.3, 0.4) is 0 Å². The summed E-state index contributed by atoms with van der Waals surface area (Å²) in [6.07, 6.45) is -1.82. The molecule has 3 N–H and O–H groups in total. The molecule has 1 atom stereocenters. The fourth-order valence-corrected chi connectivity index (χ4v) is 7.26. The zero-order chi connectivity index (χ0) is 45.1. The number of nitrogens with one attached hydrogen (secondary N) is 3. The molecule has 0 aliphatic heterocycles. The van der Waals surface area contributed by atoms with Gasteiger partial charge in [0.1, 0.15) is 24.9 Å². The van der Waals surface area contributed by atoms with Crippen LogP contribution >= 0.6 is 0 Å². The van der Waals surface area contributed by atoms with E-state index in [9.17, 15) is 24.0 Å². The summed E-state index contributed by atoms with van der Waals surface area (Å²) in [6, 6.07) is 39.8. The second-order valence-corrected chi connectivity index (χ2v) is 16.4. The Bertz CT molecular complexity index is 2340. The van der Waals surface area contributed by atoms with Crippen molar-refractivity contribution >= 4 is 35.8 Å². The molecule has 1 aliphatic carbocycles. The van der Waals surface area contributed by atoms with Gasteiger partial charge in [0.25, 0.3) is 0 Å². The average molecular weight is 854 g/mol. The lowest BCUT2D eigenvalue weighted by atomic mass is 9.95. The van der Waals surface area contributed by atoms with Crippen molar-refractivity contribution in [3.63, 3.8) is 0 Å². The summed E-state index contributed by atoms with van der Waals surface area (Å²) in [5.74, 6) is -1.40. The monoisotopic (exact) mass is 853 g/mol. The van der Waals surface area contributed by atoms with Gasteiger partial charge in [-0.3, -0.25) is 9.59 Å². The summed E-state index contributed by atoms with van der Waals surface area (Å²) < 4.78 is 16.9. The van der Waals surface area contributed by atoms with Gasteiger partial charge in [0, 0.05) is 38.8 Å². The largest absolute Gasteiger partial charge is 0.449 e. The molecule has 5 aromatic rings. The zero-order valence-electron chi connectivity index (χ0n) is 36.6. The molecule has 5 aromatic carbocycles. The molecule has 6 rings (SSSR count). The number of rotatable bonds is 16. The fourth-order valence-electron chi connectivity index (χ4n) is 7.26. The van der Waals surface area contributed by atoms with E-state index in [1.165, 1.54) is 9.80 Å². The Morgan fingerprint density at radius 2 is 1.22 bits per heavy atom. The zero-order valence-corrected chi connectivity index (χ0v) is 36.6. The molecule has 0 bridgehead atoms. The summed E-state index contributed by atoms with van der Waals surface area (Å²) in [7, 11) is 3.19. The molecule has 328 valence electrons. The molecule has 0 saturated heterocycles. The predicted molar refractivity (Wildman–Crippen MR) is 242 cm³/mol. The number of nitrogens with zero attached hydrogens (tertiary/aromatic N) is 2. The van der Waals surface area contributed by atoms with Crippen LogP contribution in [0.15, 0.2) is 127 Å². The van der Waals surface area contributed by atoms with Crippen molar-refractivity contribution in [2.24, 2.45) is 5.92 Å². The highest BCUT2D eigenvalue weighted by molar-refractivity contribution is 5.96. The molecule has 1 aliphatic rings. The number of carbonyl (C=O) groups excluding carboxylic acids is 5. The van der Waals surface area contributed by atoms with E-state index in [-0.39, 0.29) is 44.7 Å². The maximum atomic E-state index is 13.1. The molecule has 1 unspecified atom stereocenters. The smallest absolute Gasteiger partial charge is 0.410 e. The van der Waals surface area contributed by atoms with Gasteiger partial charge in [0.05, 0.1) is 6.54 Å². The summed E-state index contributed by atoms with van der Waals surface area (Å²) in [6.45, 7) is 7.44. The van der Waals surface area contributed by atoms with E-state index in [0.717, 1.165) is 38.9 Å². The highest BCUT2D eigenvalue weighted by Gasteiger charge is 2.31. The molecule has 0 heterocycles. The van der Waals surface area contributed by atoms with Crippen LogP contribution in [0, 0.1) is 5.92 Å². The first-order chi connectivity index (χ1) is 30.2. The van der Waals surface area contributed by atoms with Gasteiger partial charge in [-0.15, -0.1) is 0 Å². The summed E-state index contributed by atoms with van der Waals surface area (Å²) in [5.41, 5.74) is 7.67. The number of alkyl carbamates (subject to hydrolysis) is 1. The lowest BCUT2D eigenvalue weighted by Crippen LogP contribution is -2.51. The number of fused-ring (bicyclic) bond motifs is 3. The van der Waals surface area contributed by atoms with Gasteiger partial charge >= 0.3 is 18.3 Å². The molecule has 13 nitrogen and oxygen atoms in total. The molecule has 0 aromatic heterocycles. The van der Waals surface area contributed by atoms with Crippen molar-refractivity contribution in [2.45, 2.75) is 51.9 Å². The second kappa shape index (κ2) is 20.6. The minimum atomic E-state index is -0.931. The molecule has 0 fully saturated rings. The van der Waals surface area contributed by atoms with E-state index in [2.05, 4.69) is 28.1 Å². The van der Waals surface area contributed by atoms with Crippen LogP contribution in [0.25, 0.3) is 22.3 Å². The minimum absolute atomic E-state index is 0.0180. The van der Waals surface area contributed by atoms with Crippen molar-refractivity contribution in [1.82, 2.24) is 20.4 Å². The van der Waals surface area contributed by atoms with Gasteiger partial charge in [-0.25, -0.2) is 14.4 Å². The van der Waals surface area contributed by atoms with Gasteiger partial charge < -0.3 is 40.0 Å². The minimum Gasteiger partial charge on any atom is -0.449 e. The molecular formula is C50H55N5O8. The third-order valence-corrected chi connectivity index (χ3v) is 11.0. The third-order valence-electron chi connectivity index (χ3n) is 11.0. The first-order valence-corrected chi connectivity index (χ1v) is 21.0. The maximum Gasteiger partial charge on any atom is 0.410 e. The Balaban J connectivity index is 0.880. The van der Waals surface area contributed by atoms with Crippen LogP contribution in [-0.2, 0) is 36.0 Å². The number of hydrogen-bond donors (Lipinski definition) is 3. The quantitative estimate of drug-likeness (QED) is 0.0835. The van der Waals surface area contributed by atoms with Gasteiger partial charge in [-0.2, -0.15) is 0 Å². The van der Waals surface area contributed by atoms with Crippen molar-refractivity contribution in [1.29, 1.82) is 0 Å². The summed E-state index contributed by atoms with van der Waals surface area (Å²) in [4.78, 5) is 67.3. The van der Waals surface area contributed by atoms with Gasteiger partial charge in [-0.1, -0.05) is 129 Å². The lowest BCUT2D eigenvalue weighted by molar-refractivity contribution is -0.126. The van der Waals surface area contributed by atoms with Gasteiger partial charge in [0.2, 0.25) is 11.8 Å². The van der Waals surface area contributed by atoms with Gasteiger partial charge in [-0.05, 0) is 76.4 Å². The average Bonchev–Trinajstić information content (AvgIpc) is 3.61. The predicted octanol–water partition coefficient (Wildman–Crippen LogP) is 8.54. The number of benzene rings is 5. The van der Waals surface area contributed by atoms with E-state index in [1.807, 2.05) is 105 Å². The van der Waals surface area contributed by atoms with E-state index in [0.29, 0.717) is 11.3 Å². The topological polar surface area (TPSA) is 156 Å². The van der Waals surface area contributed by atoms with Crippen LogP contribution in [0.2, 0.25) is 0 Å². The van der Waals surface area contributed by atoms with E-state index in [1.54, 1.807) is 52.2 Å². The van der Waals surface area contributed by atoms with Crippen molar-refractivity contribution in [3.05, 3.63) is 150 Å². The molecule has 0 spiro atoms. The van der Waals surface area contributed by atoms with E-state index < -0.39 is 41.7 Å². The number of anilines is 1. The molecule has 63 heavy (non-hydrogen) atoms. The standard InChI is InChI=1S/C50H55N5O8/c1-33(2)45(53-47(58)61-32-43-41-18-12-10-16-39(41)40-17-11-13-19-42(40)43)46(57)51-30-44(56)52-38-26-20-34(21-27-38)31-62-48(59)54(5)28-29-55(6)49(60)63-50(3,4)37-24-22-36(23-25-37)35-14-8-7-9-15-35/h7-27,33,43,45H,28-32H2,1-6H3,(H,51,57)(H,52,56)(H,53,58). The second-order valence-electron chi connectivity index (χ2n) is 16.4. The number of ether oxygens (including phenoxy) is 3. The lowest BCUT2D eigenvalue weighted by Gasteiger charge is -2.29. The van der Waals surface area contributed by atoms with Crippen LogP contribution in [0.4, 0.5) is 20.1 Å². The van der Waals surface area contributed by atoms with E-state index >= 15 is 0 Å². The Hall–Kier alpha value is -7.15. The number of hydrogen-bond acceptors (Lipinski definition) is 8. The highest BCUT2D eigenvalue weighted by Crippen LogP contribution is 2.44. The molecule has 13 heteroatoms. The molecular weight excluding hydrogens is 799 g/mol. The maximum absolute atomic E-state index is 13.1. The third kappa shape index (κ3) is 11.8. The van der Waals surface area contributed by atoms with E-state index in [4.69, 9.17) is 14.2 Å². The Kier molecular flexibility index (Phi) is 14.8. The SMILES string of the molecule is CC(C)C(NC(=O)OCC1c2ccccc2-c2ccccc21)C(=O)NCC(=O)Nc1ccc(COC(=O)N(C)CCN(C)C(=O)OC(C)(C)c2ccc(-c3ccccc3)cc2)cc1. The Morgan fingerprint density at radius 3 is 1.83 bits per heavy atom. The number of amides is 5. The van der Waals surface area contributed by atoms with Gasteiger partial charge in [0.15, 0.2) is 0 Å². The highest BCUT2D eigenvalue weighted by atomic mass is 16.6. The molecule has 5 amide bonds. The Labute approximate surface area is 368 Å². The van der Waals surface area contributed by atoms with Crippen LogP contribution in [-0.4, -0.2) is 86.3 Å². The summed E-state index contributed by atoms with van der Waals surface area (Å²) >= 11 is 0. The number of carbonyl (C=O) groups is 5. The molecule has 0 radical (unpaired) electrons.